The van der Waals surface area contributed by atoms with E-state index in [-0.39, 0.29) is 11.9 Å². The lowest BCUT2D eigenvalue weighted by atomic mass is 10.1. The third kappa shape index (κ3) is 3.63. The summed E-state index contributed by atoms with van der Waals surface area (Å²) < 4.78 is 4.10. The van der Waals surface area contributed by atoms with Crippen molar-refractivity contribution in [2.75, 3.05) is 0 Å². The van der Waals surface area contributed by atoms with Crippen molar-refractivity contribution >= 4 is 16.8 Å². The number of aromatic nitrogens is 3. The number of aryl methyl sites for hydroxylation is 3. The molecule has 0 spiro atoms. The standard InChI is InChI=1S/C25H28N4O/c1-16-19(4)29(14-20-9-7-6-8-10-20)24-12-11-21(13-22(16)24)25(30)26-17(2)23-15-28(5)27-18(23)3/h6-13,15,17H,14H2,1-5H3,(H,26,30). The maximum Gasteiger partial charge on any atom is 0.251 e. The molecule has 1 N–H and O–H groups in total. The van der Waals surface area contributed by atoms with Crippen molar-refractivity contribution in [2.45, 2.75) is 40.3 Å². The molecule has 30 heavy (non-hydrogen) atoms. The van der Waals surface area contributed by atoms with Gasteiger partial charge in [-0.3, -0.25) is 9.48 Å². The third-order valence-corrected chi connectivity index (χ3v) is 5.95. The summed E-state index contributed by atoms with van der Waals surface area (Å²) in [6.07, 6.45) is 1.96. The van der Waals surface area contributed by atoms with Crippen molar-refractivity contribution < 1.29 is 4.79 Å². The van der Waals surface area contributed by atoms with Crippen molar-refractivity contribution in [2.24, 2.45) is 7.05 Å². The molecule has 1 unspecified atom stereocenters. The Labute approximate surface area is 177 Å². The van der Waals surface area contributed by atoms with Crippen LogP contribution in [0, 0.1) is 20.8 Å². The van der Waals surface area contributed by atoms with Crippen molar-refractivity contribution in [3.63, 3.8) is 0 Å². The third-order valence-electron chi connectivity index (χ3n) is 5.95. The van der Waals surface area contributed by atoms with Gasteiger partial charge in [0.05, 0.1) is 11.7 Å². The molecule has 0 radical (unpaired) electrons. The van der Waals surface area contributed by atoms with Crippen molar-refractivity contribution in [3.05, 3.63) is 88.4 Å². The van der Waals surface area contributed by atoms with Gasteiger partial charge in [0.25, 0.3) is 5.91 Å². The molecule has 0 saturated carbocycles. The first-order chi connectivity index (χ1) is 14.3. The van der Waals surface area contributed by atoms with E-state index < -0.39 is 0 Å². The van der Waals surface area contributed by atoms with Gasteiger partial charge in [-0.2, -0.15) is 5.10 Å². The quantitative estimate of drug-likeness (QED) is 0.521. The number of nitrogens with one attached hydrogen (secondary N) is 1. The maximum absolute atomic E-state index is 12.9. The van der Waals surface area contributed by atoms with E-state index in [9.17, 15) is 4.79 Å². The zero-order chi connectivity index (χ0) is 21.4. The van der Waals surface area contributed by atoms with Gasteiger partial charge in [0, 0.05) is 47.5 Å². The zero-order valence-electron chi connectivity index (χ0n) is 18.2. The van der Waals surface area contributed by atoms with E-state index in [0.29, 0.717) is 5.56 Å². The molecule has 0 aliphatic heterocycles. The summed E-state index contributed by atoms with van der Waals surface area (Å²) >= 11 is 0. The van der Waals surface area contributed by atoms with Crippen LogP contribution in [-0.4, -0.2) is 20.3 Å². The Kier molecular flexibility index (Phi) is 5.20. The Balaban J connectivity index is 1.62. The van der Waals surface area contributed by atoms with Crippen LogP contribution in [0.3, 0.4) is 0 Å². The smallest absolute Gasteiger partial charge is 0.251 e. The van der Waals surface area contributed by atoms with E-state index in [0.717, 1.165) is 28.7 Å². The topological polar surface area (TPSA) is 51.9 Å². The van der Waals surface area contributed by atoms with E-state index >= 15 is 0 Å². The number of hydrogen-bond donors (Lipinski definition) is 1. The summed E-state index contributed by atoms with van der Waals surface area (Å²) in [7, 11) is 1.89. The lowest BCUT2D eigenvalue weighted by molar-refractivity contribution is 0.0940. The van der Waals surface area contributed by atoms with E-state index in [1.807, 2.05) is 45.3 Å². The van der Waals surface area contributed by atoms with E-state index in [4.69, 9.17) is 0 Å². The second-order valence-corrected chi connectivity index (χ2v) is 8.05. The van der Waals surface area contributed by atoms with E-state index in [2.05, 4.69) is 59.2 Å². The number of benzene rings is 2. The highest BCUT2D eigenvalue weighted by atomic mass is 16.1. The minimum atomic E-state index is -0.104. The van der Waals surface area contributed by atoms with Gasteiger partial charge in [0.2, 0.25) is 0 Å². The van der Waals surface area contributed by atoms with Gasteiger partial charge in [0.15, 0.2) is 0 Å². The van der Waals surface area contributed by atoms with Crippen LogP contribution in [-0.2, 0) is 13.6 Å². The van der Waals surface area contributed by atoms with E-state index in [1.165, 1.54) is 16.8 Å². The summed E-state index contributed by atoms with van der Waals surface area (Å²) in [5.41, 5.74) is 7.51. The van der Waals surface area contributed by atoms with Gasteiger partial charge in [-0.25, -0.2) is 0 Å². The number of fused-ring (bicyclic) bond motifs is 1. The summed E-state index contributed by atoms with van der Waals surface area (Å²) in [5.74, 6) is -0.0690. The number of carbonyl (C=O) groups is 1. The molecule has 4 rings (SSSR count). The highest BCUT2D eigenvalue weighted by molar-refractivity contribution is 5.99. The van der Waals surface area contributed by atoms with Crippen molar-refractivity contribution in [3.8, 4) is 0 Å². The minimum absolute atomic E-state index is 0.0690. The average Bonchev–Trinajstić information content (AvgIpc) is 3.19. The Hall–Kier alpha value is -3.34. The molecule has 0 aliphatic carbocycles. The summed E-state index contributed by atoms with van der Waals surface area (Å²) in [4.78, 5) is 12.9. The highest BCUT2D eigenvalue weighted by Crippen LogP contribution is 2.27. The molecule has 0 saturated heterocycles. The highest BCUT2D eigenvalue weighted by Gasteiger charge is 2.18. The molecular weight excluding hydrogens is 372 g/mol. The van der Waals surface area contributed by atoms with Crippen molar-refractivity contribution in [1.82, 2.24) is 19.7 Å². The minimum Gasteiger partial charge on any atom is -0.345 e. The van der Waals surface area contributed by atoms with Crippen LogP contribution in [0.4, 0.5) is 0 Å². The number of amides is 1. The van der Waals surface area contributed by atoms with Gasteiger partial charge >= 0.3 is 0 Å². The lowest BCUT2D eigenvalue weighted by Gasteiger charge is -2.13. The number of hydrogen-bond acceptors (Lipinski definition) is 2. The number of nitrogens with zero attached hydrogens (tertiary/aromatic N) is 3. The second kappa shape index (κ2) is 7.82. The van der Waals surface area contributed by atoms with Gasteiger partial charge in [-0.15, -0.1) is 0 Å². The fourth-order valence-electron chi connectivity index (χ4n) is 4.16. The molecule has 0 aliphatic rings. The van der Waals surface area contributed by atoms with Crippen LogP contribution in [0.5, 0.6) is 0 Å². The van der Waals surface area contributed by atoms with Gasteiger partial charge in [-0.05, 0) is 57.0 Å². The van der Waals surface area contributed by atoms with E-state index in [1.54, 1.807) is 4.68 Å². The van der Waals surface area contributed by atoms with Crippen molar-refractivity contribution in [1.29, 1.82) is 0 Å². The molecule has 1 atom stereocenters. The van der Waals surface area contributed by atoms with Gasteiger partial charge < -0.3 is 9.88 Å². The Morgan fingerprint density at radius 1 is 1.10 bits per heavy atom. The van der Waals surface area contributed by atoms with Gasteiger partial charge in [0.1, 0.15) is 0 Å². The molecule has 2 aromatic carbocycles. The molecule has 1 amide bonds. The normalized spacial score (nSPS) is 12.3. The zero-order valence-corrected chi connectivity index (χ0v) is 18.2. The molecule has 2 aromatic heterocycles. The van der Waals surface area contributed by atoms with Crippen LogP contribution in [0.2, 0.25) is 0 Å². The SMILES string of the molecule is Cc1nn(C)cc1C(C)NC(=O)c1ccc2c(c1)c(C)c(C)n2Cc1ccccc1. The fraction of sp³-hybridized carbons (Fsp3) is 0.280. The van der Waals surface area contributed by atoms with Crippen LogP contribution in [0.25, 0.3) is 10.9 Å². The monoisotopic (exact) mass is 400 g/mol. The second-order valence-electron chi connectivity index (χ2n) is 8.05. The Morgan fingerprint density at radius 3 is 2.50 bits per heavy atom. The molecule has 0 bridgehead atoms. The molecule has 4 aromatic rings. The van der Waals surface area contributed by atoms with Crippen LogP contribution in [0.1, 0.15) is 51.4 Å². The van der Waals surface area contributed by atoms with Gasteiger partial charge in [-0.1, -0.05) is 30.3 Å². The molecule has 0 fully saturated rings. The van der Waals surface area contributed by atoms with Crippen LogP contribution < -0.4 is 5.32 Å². The summed E-state index contributed by atoms with van der Waals surface area (Å²) in [5, 5.41) is 8.61. The molecule has 154 valence electrons. The van der Waals surface area contributed by atoms with Crippen LogP contribution in [0.15, 0.2) is 54.7 Å². The number of carbonyl (C=O) groups excluding carboxylic acids is 1. The predicted molar refractivity (Wildman–Crippen MR) is 121 cm³/mol. The molecule has 2 heterocycles. The molecule has 5 heteroatoms. The Bertz CT molecular complexity index is 1220. The van der Waals surface area contributed by atoms with Crippen LogP contribution >= 0.6 is 0 Å². The summed E-state index contributed by atoms with van der Waals surface area (Å²) in [6, 6.07) is 16.3. The first-order valence-corrected chi connectivity index (χ1v) is 10.3. The molecular formula is C25H28N4O. The number of rotatable bonds is 5. The predicted octanol–water partition coefficient (Wildman–Crippen LogP) is 4.84. The first kappa shape index (κ1) is 20.0. The largest absolute Gasteiger partial charge is 0.345 e. The first-order valence-electron chi connectivity index (χ1n) is 10.3. The fourth-order valence-corrected chi connectivity index (χ4v) is 4.16. The lowest BCUT2D eigenvalue weighted by Crippen LogP contribution is -2.26. The molecule has 5 nitrogen and oxygen atoms in total. The maximum atomic E-state index is 12.9. The summed E-state index contributed by atoms with van der Waals surface area (Å²) in [6.45, 7) is 9.05. The average molecular weight is 401 g/mol. The Morgan fingerprint density at radius 2 is 1.83 bits per heavy atom.